The number of benzene rings is 1. The molecule has 1 aliphatic heterocycles. The van der Waals surface area contributed by atoms with Gasteiger partial charge in [-0.3, -0.25) is 15.1 Å². The highest BCUT2D eigenvalue weighted by Crippen LogP contribution is 2.60. The van der Waals surface area contributed by atoms with Crippen LogP contribution in [0.1, 0.15) is 48.9 Å². The zero-order valence-electron chi connectivity index (χ0n) is 18.2. The molecule has 1 N–H and O–H groups in total. The highest BCUT2D eigenvalue weighted by Gasteiger charge is 2.52. The van der Waals surface area contributed by atoms with Crippen molar-refractivity contribution in [2.24, 2.45) is 0 Å². The minimum Gasteiger partial charge on any atom is -0.456 e. The van der Waals surface area contributed by atoms with Crippen molar-refractivity contribution in [2.75, 3.05) is 13.2 Å². The fourth-order valence-electron chi connectivity index (χ4n) is 3.47. The monoisotopic (exact) mass is 449 g/mol. The molecule has 0 amide bonds. The SMILES string of the molecule is Cc1nc(C)c([P+]2(O)OCCCO2)c(-c2ccccc2[N+](=O)[O-])c1C(=O)OC(C)(C)C. The summed E-state index contributed by atoms with van der Waals surface area (Å²) in [5.41, 5.74) is 0.0202. The van der Waals surface area contributed by atoms with Gasteiger partial charge in [-0.2, -0.15) is 13.9 Å². The van der Waals surface area contributed by atoms with Gasteiger partial charge >= 0.3 is 13.9 Å². The molecule has 1 aliphatic rings. The predicted octanol–water partition coefficient (Wildman–Crippen LogP) is 4.05. The van der Waals surface area contributed by atoms with E-state index in [0.29, 0.717) is 17.8 Å². The van der Waals surface area contributed by atoms with E-state index in [0.717, 1.165) is 0 Å². The summed E-state index contributed by atoms with van der Waals surface area (Å²) in [5.74, 6) is -0.699. The van der Waals surface area contributed by atoms with E-state index in [4.69, 9.17) is 13.8 Å². The topological polar surface area (TPSA) is 121 Å². The molecule has 0 atom stereocenters. The zero-order chi connectivity index (χ0) is 23.0. The van der Waals surface area contributed by atoms with Crippen molar-refractivity contribution in [2.45, 2.75) is 46.6 Å². The van der Waals surface area contributed by atoms with Gasteiger partial charge in [-0.25, -0.2) is 4.79 Å². The van der Waals surface area contributed by atoms with E-state index in [2.05, 4.69) is 4.98 Å². The van der Waals surface area contributed by atoms with Crippen LogP contribution >= 0.6 is 7.94 Å². The van der Waals surface area contributed by atoms with Gasteiger partial charge in [0.05, 0.1) is 33.0 Å². The third kappa shape index (κ3) is 4.75. The first-order valence-electron chi connectivity index (χ1n) is 9.84. The number of nitrogens with zero attached hydrogens (tertiary/aromatic N) is 2. The Morgan fingerprint density at radius 2 is 1.81 bits per heavy atom. The van der Waals surface area contributed by atoms with Crippen LogP contribution < -0.4 is 5.30 Å². The second kappa shape index (κ2) is 8.59. The molecule has 2 heterocycles. The van der Waals surface area contributed by atoms with Crippen molar-refractivity contribution in [3.63, 3.8) is 0 Å². The Kier molecular flexibility index (Phi) is 6.43. The van der Waals surface area contributed by atoms with Gasteiger partial charge in [0, 0.05) is 12.5 Å². The Balaban J connectivity index is 2.41. The Hall–Kier alpha value is -2.45. The molecule has 1 aromatic carbocycles. The second-order valence-electron chi connectivity index (χ2n) is 8.20. The fraction of sp³-hybridized carbons (Fsp3) is 0.429. The normalized spacial score (nSPS) is 16.1. The molecule has 0 radical (unpaired) electrons. The minimum atomic E-state index is -3.64. The van der Waals surface area contributed by atoms with Gasteiger partial charge in [0.1, 0.15) is 18.8 Å². The molecule has 0 spiro atoms. The lowest BCUT2D eigenvalue weighted by Gasteiger charge is -2.26. The van der Waals surface area contributed by atoms with Crippen LogP contribution in [0.3, 0.4) is 0 Å². The first-order chi connectivity index (χ1) is 14.4. The molecule has 2 aromatic rings. The summed E-state index contributed by atoms with van der Waals surface area (Å²) < 4.78 is 16.9. The van der Waals surface area contributed by atoms with E-state index in [9.17, 15) is 19.8 Å². The number of nitro benzene ring substituents is 1. The van der Waals surface area contributed by atoms with Crippen LogP contribution in [0.2, 0.25) is 0 Å². The van der Waals surface area contributed by atoms with Crippen molar-refractivity contribution < 1.29 is 28.4 Å². The lowest BCUT2D eigenvalue weighted by atomic mass is 9.96. The van der Waals surface area contributed by atoms with E-state index < -0.39 is 24.4 Å². The lowest BCUT2D eigenvalue weighted by molar-refractivity contribution is -0.384. The van der Waals surface area contributed by atoms with Crippen LogP contribution in [0, 0.1) is 24.0 Å². The molecule has 166 valence electrons. The quantitative estimate of drug-likeness (QED) is 0.321. The third-order valence-electron chi connectivity index (χ3n) is 4.60. The van der Waals surface area contributed by atoms with Crippen molar-refractivity contribution in [1.29, 1.82) is 0 Å². The van der Waals surface area contributed by atoms with Crippen LogP contribution in [-0.4, -0.2) is 39.6 Å². The summed E-state index contributed by atoms with van der Waals surface area (Å²) >= 11 is 0. The van der Waals surface area contributed by atoms with Crippen LogP contribution in [0.5, 0.6) is 0 Å². The van der Waals surface area contributed by atoms with E-state index in [1.54, 1.807) is 40.7 Å². The highest BCUT2D eigenvalue weighted by atomic mass is 31.2. The summed E-state index contributed by atoms with van der Waals surface area (Å²) in [7, 11) is -3.64. The van der Waals surface area contributed by atoms with E-state index in [1.807, 2.05) is 0 Å². The second-order valence-corrected chi connectivity index (χ2v) is 10.2. The number of ether oxygens (including phenoxy) is 1. The molecule has 9 nitrogen and oxygen atoms in total. The predicted molar refractivity (Wildman–Crippen MR) is 116 cm³/mol. The van der Waals surface area contributed by atoms with Gasteiger partial charge in [0.15, 0.2) is 0 Å². The number of pyridine rings is 1. The first kappa shape index (κ1) is 23.2. The van der Waals surface area contributed by atoms with Crippen molar-refractivity contribution in [3.8, 4) is 11.1 Å². The summed E-state index contributed by atoms with van der Waals surface area (Å²) in [4.78, 5) is 40.3. The number of rotatable bonds is 4. The van der Waals surface area contributed by atoms with Crippen LogP contribution in [0.15, 0.2) is 24.3 Å². The van der Waals surface area contributed by atoms with Gasteiger partial charge < -0.3 is 4.74 Å². The van der Waals surface area contributed by atoms with Gasteiger partial charge in [-0.1, -0.05) is 12.1 Å². The van der Waals surface area contributed by atoms with E-state index in [-0.39, 0.29) is 40.9 Å². The van der Waals surface area contributed by atoms with Crippen LogP contribution in [-0.2, 0) is 13.8 Å². The molecule has 10 heteroatoms. The zero-order valence-corrected chi connectivity index (χ0v) is 19.1. The maximum Gasteiger partial charge on any atom is 0.448 e. The molecule has 0 saturated carbocycles. The standard InChI is InChI=1S/C21H26N2O7P/c1-13-17(20(24)30-21(3,4)5)18(15-9-6-7-10-16(15)23(25)26)19(14(2)22-13)31(27)28-11-8-12-29-31/h6-7,9-10,27H,8,11-12H2,1-5H3/q+1. The molecule has 31 heavy (non-hydrogen) atoms. The number of carbonyl (C=O) groups is 1. The maximum absolute atomic E-state index is 13.2. The number of aryl methyl sites for hydroxylation is 2. The largest absolute Gasteiger partial charge is 0.456 e. The number of nitro groups is 1. The van der Waals surface area contributed by atoms with Crippen LogP contribution in [0.4, 0.5) is 5.69 Å². The van der Waals surface area contributed by atoms with Gasteiger partial charge in [0.25, 0.3) is 5.69 Å². The van der Waals surface area contributed by atoms with Gasteiger partial charge in [0.2, 0.25) is 5.30 Å². The Morgan fingerprint density at radius 3 is 2.39 bits per heavy atom. The number of para-hydroxylation sites is 1. The summed E-state index contributed by atoms with van der Waals surface area (Å²) in [5, 5.41) is 12.0. The Bertz CT molecular complexity index is 1030. The molecular weight excluding hydrogens is 423 g/mol. The Morgan fingerprint density at radius 1 is 1.19 bits per heavy atom. The number of hydrogen-bond acceptors (Lipinski definition) is 8. The van der Waals surface area contributed by atoms with Crippen LogP contribution in [0.25, 0.3) is 11.1 Å². The first-order valence-corrected chi connectivity index (χ1v) is 11.4. The number of carbonyl (C=O) groups excluding carboxylic acids is 1. The minimum absolute atomic E-state index is 0.0380. The maximum atomic E-state index is 13.2. The number of aromatic nitrogens is 1. The summed E-state index contributed by atoms with van der Waals surface area (Å²) in [6.07, 6.45) is 0.598. The molecule has 0 bridgehead atoms. The highest BCUT2D eigenvalue weighted by molar-refractivity contribution is 7.69. The van der Waals surface area contributed by atoms with Gasteiger partial charge in [-0.05, 0) is 40.7 Å². The molecule has 1 aromatic heterocycles. The third-order valence-corrected chi connectivity index (χ3v) is 6.78. The molecule has 0 aliphatic carbocycles. The molecule has 1 saturated heterocycles. The lowest BCUT2D eigenvalue weighted by Crippen LogP contribution is -2.31. The average Bonchev–Trinajstić information content (AvgIpc) is 2.66. The summed E-state index contributed by atoms with van der Waals surface area (Å²) in [6, 6.07) is 6.03. The average molecular weight is 449 g/mol. The van der Waals surface area contributed by atoms with E-state index in [1.165, 1.54) is 18.2 Å². The Labute approximate surface area is 181 Å². The smallest absolute Gasteiger partial charge is 0.448 e. The molecule has 1 fully saturated rings. The number of hydrogen-bond donors (Lipinski definition) is 1. The fourth-order valence-corrected chi connectivity index (χ4v) is 5.53. The van der Waals surface area contributed by atoms with E-state index >= 15 is 0 Å². The summed E-state index contributed by atoms with van der Waals surface area (Å²) in [6.45, 7) is 8.97. The van der Waals surface area contributed by atoms with Crippen molar-refractivity contribution in [1.82, 2.24) is 4.98 Å². The molecular formula is C21H26N2O7P+. The molecule has 3 rings (SSSR count). The van der Waals surface area contributed by atoms with Crippen molar-refractivity contribution >= 4 is 24.9 Å². The number of esters is 1. The van der Waals surface area contributed by atoms with Gasteiger partial charge in [-0.15, -0.1) is 0 Å². The molecule has 0 unspecified atom stereocenters. The van der Waals surface area contributed by atoms with Crippen molar-refractivity contribution in [3.05, 3.63) is 51.3 Å².